The SMILES string of the molecule is CC(Sc1nnc(-c2ccc(OC(F)F)cc2)n1N)C(=O)Nc1ccc(OCc2ccccc2)cc1. The van der Waals surface area contributed by atoms with Gasteiger partial charge in [-0.1, -0.05) is 42.1 Å². The Kier molecular flexibility index (Phi) is 8.01. The molecular formula is C25H23F2N5O3S. The molecule has 11 heteroatoms. The normalized spacial score (nSPS) is 11.8. The zero-order valence-electron chi connectivity index (χ0n) is 19.2. The van der Waals surface area contributed by atoms with Crippen molar-refractivity contribution in [2.24, 2.45) is 0 Å². The number of carbonyl (C=O) groups is 1. The Balaban J connectivity index is 1.32. The Bertz CT molecular complexity index is 1290. The second-order valence-electron chi connectivity index (χ2n) is 7.63. The van der Waals surface area contributed by atoms with Crippen molar-refractivity contribution in [3.8, 4) is 22.9 Å². The van der Waals surface area contributed by atoms with E-state index < -0.39 is 11.9 Å². The molecule has 4 aromatic rings. The molecule has 0 bridgehead atoms. The number of thioether (sulfide) groups is 1. The second-order valence-corrected chi connectivity index (χ2v) is 8.94. The number of ether oxygens (including phenoxy) is 2. The molecule has 1 atom stereocenters. The minimum atomic E-state index is -2.91. The maximum Gasteiger partial charge on any atom is 0.387 e. The Hall–Kier alpha value is -4.12. The summed E-state index contributed by atoms with van der Waals surface area (Å²) < 4.78 is 36.0. The summed E-state index contributed by atoms with van der Waals surface area (Å²) in [5.41, 5.74) is 2.25. The van der Waals surface area contributed by atoms with E-state index in [1.54, 1.807) is 43.3 Å². The molecule has 4 rings (SSSR count). The van der Waals surface area contributed by atoms with Gasteiger partial charge in [0.1, 0.15) is 18.1 Å². The fourth-order valence-electron chi connectivity index (χ4n) is 3.17. The predicted molar refractivity (Wildman–Crippen MR) is 133 cm³/mol. The molecule has 0 radical (unpaired) electrons. The monoisotopic (exact) mass is 511 g/mol. The second kappa shape index (κ2) is 11.5. The number of hydrogen-bond acceptors (Lipinski definition) is 7. The number of amides is 1. The third-order valence-corrected chi connectivity index (χ3v) is 6.08. The number of anilines is 1. The first-order chi connectivity index (χ1) is 17.4. The van der Waals surface area contributed by atoms with Gasteiger partial charge < -0.3 is 20.6 Å². The van der Waals surface area contributed by atoms with Gasteiger partial charge >= 0.3 is 6.61 Å². The van der Waals surface area contributed by atoms with Gasteiger partial charge in [-0.05, 0) is 61.0 Å². The number of halogens is 2. The van der Waals surface area contributed by atoms with Crippen molar-refractivity contribution in [3.05, 3.63) is 84.4 Å². The van der Waals surface area contributed by atoms with E-state index >= 15 is 0 Å². The number of nitrogens with one attached hydrogen (secondary N) is 1. The summed E-state index contributed by atoms with van der Waals surface area (Å²) in [7, 11) is 0. The van der Waals surface area contributed by atoms with Crippen LogP contribution in [0.15, 0.2) is 84.0 Å². The van der Waals surface area contributed by atoms with E-state index in [0.717, 1.165) is 17.3 Å². The first-order valence-electron chi connectivity index (χ1n) is 10.9. The highest BCUT2D eigenvalue weighted by Gasteiger charge is 2.20. The molecule has 0 saturated heterocycles. The number of nitrogens with two attached hydrogens (primary N) is 1. The number of nitrogen functional groups attached to an aromatic ring is 1. The van der Waals surface area contributed by atoms with Crippen molar-refractivity contribution in [2.45, 2.75) is 30.5 Å². The lowest BCUT2D eigenvalue weighted by atomic mass is 10.2. The maximum absolute atomic E-state index is 12.7. The number of alkyl halides is 2. The van der Waals surface area contributed by atoms with Gasteiger partial charge in [-0.15, -0.1) is 10.2 Å². The molecule has 8 nitrogen and oxygen atoms in total. The van der Waals surface area contributed by atoms with Gasteiger partial charge in [-0.25, -0.2) is 4.68 Å². The molecule has 0 saturated carbocycles. The van der Waals surface area contributed by atoms with Crippen molar-refractivity contribution in [3.63, 3.8) is 0 Å². The molecule has 1 heterocycles. The Morgan fingerprint density at radius 2 is 1.67 bits per heavy atom. The summed E-state index contributed by atoms with van der Waals surface area (Å²) in [6, 6.07) is 22.8. The van der Waals surface area contributed by atoms with E-state index in [9.17, 15) is 13.6 Å². The Morgan fingerprint density at radius 3 is 2.33 bits per heavy atom. The van der Waals surface area contributed by atoms with Crippen molar-refractivity contribution in [1.82, 2.24) is 14.9 Å². The van der Waals surface area contributed by atoms with Crippen LogP contribution in [0.25, 0.3) is 11.4 Å². The van der Waals surface area contributed by atoms with Crippen LogP contribution in [0, 0.1) is 0 Å². The van der Waals surface area contributed by atoms with E-state index in [0.29, 0.717) is 34.6 Å². The van der Waals surface area contributed by atoms with Gasteiger partial charge in [-0.3, -0.25) is 4.79 Å². The third-order valence-electron chi connectivity index (χ3n) is 5.02. The largest absolute Gasteiger partial charge is 0.489 e. The molecule has 3 aromatic carbocycles. The maximum atomic E-state index is 12.7. The van der Waals surface area contributed by atoms with Crippen LogP contribution in [0.3, 0.4) is 0 Å². The molecule has 1 amide bonds. The van der Waals surface area contributed by atoms with Gasteiger partial charge in [0.25, 0.3) is 0 Å². The molecular weight excluding hydrogens is 488 g/mol. The number of carbonyl (C=O) groups excluding carboxylic acids is 1. The molecule has 0 aliphatic carbocycles. The van der Waals surface area contributed by atoms with Crippen molar-refractivity contribution in [1.29, 1.82) is 0 Å². The standard InChI is InChI=1S/C25H23F2N5O3S/c1-16(23(33)29-19-9-13-20(14-10-19)34-15-17-5-3-2-4-6-17)36-25-31-30-22(32(25)28)18-7-11-21(12-8-18)35-24(26)27/h2-14,16,24H,15,28H2,1H3,(H,29,33). The minimum Gasteiger partial charge on any atom is -0.489 e. The lowest BCUT2D eigenvalue weighted by Gasteiger charge is -2.12. The minimum absolute atomic E-state index is 0.0209. The van der Waals surface area contributed by atoms with Crippen LogP contribution >= 0.6 is 11.8 Å². The number of rotatable bonds is 10. The predicted octanol–water partition coefficient (Wildman–Crippen LogP) is 4.96. The Morgan fingerprint density at radius 1 is 1.00 bits per heavy atom. The van der Waals surface area contributed by atoms with Crippen LogP contribution in [-0.4, -0.2) is 32.6 Å². The summed E-state index contributed by atoms with van der Waals surface area (Å²) in [4.78, 5) is 12.7. The van der Waals surface area contributed by atoms with Crippen LogP contribution in [0.1, 0.15) is 12.5 Å². The van der Waals surface area contributed by atoms with Gasteiger partial charge in [-0.2, -0.15) is 8.78 Å². The summed E-state index contributed by atoms with van der Waals surface area (Å²) in [5, 5.41) is 10.8. The summed E-state index contributed by atoms with van der Waals surface area (Å²) >= 11 is 1.14. The van der Waals surface area contributed by atoms with Crippen LogP contribution in [0.4, 0.5) is 14.5 Å². The third kappa shape index (κ3) is 6.51. The fraction of sp³-hybridized carbons (Fsp3) is 0.160. The molecule has 36 heavy (non-hydrogen) atoms. The summed E-state index contributed by atoms with van der Waals surface area (Å²) in [6.45, 7) is -0.729. The molecule has 0 aliphatic heterocycles. The molecule has 1 unspecified atom stereocenters. The van der Waals surface area contributed by atoms with E-state index in [2.05, 4.69) is 20.3 Å². The molecule has 3 N–H and O–H groups in total. The average Bonchev–Trinajstić information content (AvgIpc) is 3.24. The van der Waals surface area contributed by atoms with Gasteiger partial charge in [0.2, 0.25) is 11.1 Å². The number of benzene rings is 3. The van der Waals surface area contributed by atoms with Crippen LogP contribution in [-0.2, 0) is 11.4 Å². The first kappa shape index (κ1) is 25.0. The van der Waals surface area contributed by atoms with E-state index in [4.69, 9.17) is 10.6 Å². The van der Waals surface area contributed by atoms with E-state index in [1.807, 2.05) is 30.3 Å². The smallest absolute Gasteiger partial charge is 0.387 e. The molecule has 0 fully saturated rings. The summed E-state index contributed by atoms with van der Waals surface area (Å²) in [6.07, 6.45) is 0. The highest BCUT2D eigenvalue weighted by Crippen LogP contribution is 2.27. The van der Waals surface area contributed by atoms with Gasteiger partial charge in [0.05, 0.1) is 5.25 Å². The number of nitrogens with zero attached hydrogens (tertiary/aromatic N) is 3. The Labute approximate surface area is 210 Å². The number of hydrogen-bond donors (Lipinski definition) is 2. The van der Waals surface area contributed by atoms with Crippen molar-refractivity contribution in [2.75, 3.05) is 11.2 Å². The van der Waals surface area contributed by atoms with Crippen LogP contribution < -0.4 is 20.6 Å². The highest BCUT2D eigenvalue weighted by molar-refractivity contribution is 8.00. The molecule has 1 aromatic heterocycles. The lowest BCUT2D eigenvalue weighted by Crippen LogP contribution is -2.23. The molecule has 0 spiro atoms. The van der Waals surface area contributed by atoms with Gasteiger partial charge in [0.15, 0.2) is 5.82 Å². The first-order valence-corrected chi connectivity index (χ1v) is 11.8. The van der Waals surface area contributed by atoms with Crippen LogP contribution in [0.5, 0.6) is 11.5 Å². The number of aromatic nitrogens is 3. The zero-order chi connectivity index (χ0) is 25.5. The fourth-order valence-corrected chi connectivity index (χ4v) is 3.94. The molecule has 0 aliphatic rings. The average molecular weight is 512 g/mol. The highest BCUT2D eigenvalue weighted by atomic mass is 32.2. The van der Waals surface area contributed by atoms with Crippen molar-refractivity contribution >= 4 is 23.4 Å². The van der Waals surface area contributed by atoms with Crippen LogP contribution in [0.2, 0.25) is 0 Å². The zero-order valence-corrected chi connectivity index (χ0v) is 20.0. The van der Waals surface area contributed by atoms with E-state index in [-0.39, 0.29) is 11.7 Å². The lowest BCUT2D eigenvalue weighted by molar-refractivity contribution is -0.115. The topological polar surface area (TPSA) is 104 Å². The van der Waals surface area contributed by atoms with Crippen molar-refractivity contribution < 1.29 is 23.0 Å². The quantitative estimate of drug-likeness (QED) is 0.229. The molecule has 186 valence electrons. The van der Waals surface area contributed by atoms with E-state index in [1.165, 1.54) is 16.8 Å². The van der Waals surface area contributed by atoms with Gasteiger partial charge in [0, 0.05) is 11.3 Å². The summed E-state index contributed by atoms with van der Waals surface area (Å²) in [5.74, 6) is 6.91.